The van der Waals surface area contributed by atoms with E-state index in [0.29, 0.717) is 12.1 Å². The molecule has 0 aromatic heterocycles. The number of para-hydroxylation sites is 1. The van der Waals surface area contributed by atoms with Crippen LogP contribution in [0.2, 0.25) is 0 Å². The number of hydrogen-bond donors (Lipinski definition) is 0. The van der Waals surface area contributed by atoms with Crippen LogP contribution in [-0.4, -0.2) is 20.3 Å². The van der Waals surface area contributed by atoms with Crippen LogP contribution in [0.4, 0.5) is 5.69 Å². The van der Waals surface area contributed by atoms with Crippen molar-refractivity contribution in [2.45, 2.75) is 44.7 Å². The molecule has 0 spiro atoms. The molecule has 0 N–H and O–H groups in total. The van der Waals surface area contributed by atoms with Crippen molar-refractivity contribution < 1.29 is 9.47 Å². The molecule has 0 radical (unpaired) electrons. The van der Waals surface area contributed by atoms with Crippen LogP contribution in [0.1, 0.15) is 42.5 Å². The third-order valence-electron chi connectivity index (χ3n) is 6.32. The molecule has 30 heavy (non-hydrogen) atoms. The molecule has 1 aliphatic rings. The molecule has 0 saturated heterocycles. The highest BCUT2D eigenvalue weighted by Gasteiger charge is 2.30. The summed E-state index contributed by atoms with van der Waals surface area (Å²) in [5.74, 6) is 1.59. The summed E-state index contributed by atoms with van der Waals surface area (Å²) in [7, 11) is 3.38. The van der Waals surface area contributed by atoms with Gasteiger partial charge in [-0.2, -0.15) is 0 Å². The second-order valence-corrected chi connectivity index (χ2v) is 8.04. The fraction of sp³-hybridized carbons (Fsp3) is 0.333. The molecule has 3 nitrogen and oxygen atoms in total. The molecule has 156 valence electrons. The van der Waals surface area contributed by atoms with Crippen molar-refractivity contribution in [1.29, 1.82) is 0 Å². The average Bonchev–Trinajstić information content (AvgIpc) is 2.82. The largest absolute Gasteiger partial charge is 0.493 e. The van der Waals surface area contributed by atoms with Crippen LogP contribution >= 0.6 is 0 Å². The molecule has 3 aromatic rings. The monoisotopic (exact) mass is 401 g/mol. The third kappa shape index (κ3) is 4.16. The number of methoxy groups -OCH3 is 2. The molecule has 2 atom stereocenters. The lowest BCUT2D eigenvalue weighted by atomic mass is 9.89. The van der Waals surface area contributed by atoms with Crippen molar-refractivity contribution >= 4 is 5.69 Å². The molecule has 3 heteroatoms. The molecular formula is C27H31NO2. The number of rotatable bonds is 7. The first-order chi connectivity index (χ1) is 14.7. The van der Waals surface area contributed by atoms with E-state index in [1.54, 1.807) is 14.2 Å². The van der Waals surface area contributed by atoms with Crippen LogP contribution in [-0.2, 0) is 12.8 Å². The van der Waals surface area contributed by atoms with E-state index in [9.17, 15) is 0 Å². The molecular weight excluding hydrogens is 370 g/mol. The van der Waals surface area contributed by atoms with Gasteiger partial charge < -0.3 is 14.4 Å². The van der Waals surface area contributed by atoms with Crippen molar-refractivity contribution in [2.24, 2.45) is 0 Å². The van der Waals surface area contributed by atoms with E-state index in [1.165, 1.54) is 28.8 Å². The van der Waals surface area contributed by atoms with E-state index >= 15 is 0 Å². The first-order valence-electron chi connectivity index (χ1n) is 10.8. The quantitative estimate of drug-likeness (QED) is 0.469. The third-order valence-corrected chi connectivity index (χ3v) is 6.32. The van der Waals surface area contributed by atoms with E-state index in [-0.39, 0.29) is 0 Å². The molecule has 1 aliphatic heterocycles. The summed E-state index contributed by atoms with van der Waals surface area (Å²) >= 11 is 0. The van der Waals surface area contributed by atoms with E-state index in [1.807, 2.05) is 6.07 Å². The van der Waals surface area contributed by atoms with Gasteiger partial charge in [-0.3, -0.25) is 0 Å². The van der Waals surface area contributed by atoms with Gasteiger partial charge in [0.1, 0.15) is 0 Å². The fourth-order valence-electron chi connectivity index (χ4n) is 4.70. The zero-order valence-corrected chi connectivity index (χ0v) is 18.2. The highest BCUT2D eigenvalue weighted by atomic mass is 16.5. The summed E-state index contributed by atoms with van der Waals surface area (Å²) in [5.41, 5.74) is 5.50. The Hall–Kier alpha value is -2.94. The average molecular weight is 402 g/mol. The second kappa shape index (κ2) is 9.25. The Morgan fingerprint density at radius 2 is 1.63 bits per heavy atom. The molecule has 0 unspecified atom stereocenters. The van der Waals surface area contributed by atoms with E-state index in [2.05, 4.69) is 78.6 Å². The van der Waals surface area contributed by atoms with Gasteiger partial charge in [-0.1, -0.05) is 54.6 Å². The van der Waals surface area contributed by atoms with Gasteiger partial charge in [0.25, 0.3) is 0 Å². The minimum atomic E-state index is 0.336. The molecule has 0 amide bonds. The number of hydrogen-bond acceptors (Lipinski definition) is 3. The molecule has 0 aliphatic carbocycles. The Bertz CT molecular complexity index is 970. The lowest BCUT2D eigenvalue weighted by molar-refractivity contribution is 0.354. The van der Waals surface area contributed by atoms with Crippen LogP contribution < -0.4 is 14.4 Å². The highest BCUT2D eigenvalue weighted by molar-refractivity contribution is 5.58. The molecule has 4 rings (SSSR count). The molecule has 0 saturated carbocycles. The SMILES string of the molecule is COc1ccc(CC[C@H]2CCc3ccccc3N2[C@H](C)c2ccccc2)cc1OC. The Kier molecular flexibility index (Phi) is 6.27. The van der Waals surface area contributed by atoms with Crippen LogP contribution in [0.25, 0.3) is 0 Å². The summed E-state index contributed by atoms with van der Waals surface area (Å²) < 4.78 is 10.9. The Balaban J connectivity index is 1.58. The first-order valence-corrected chi connectivity index (χ1v) is 10.8. The fourth-order valence-corrected chi connectivity index (χ4v) is 4.70. The van der Waals surface area contributed by atoms with Crippen molar-refractivity contribution in [3.8, 4) is 11.5 Å². The summed E-state index contributed by atoms with van der Waals surface area (Å²) in [6, 6.07) is 26.9. The maximum absolute atomic E-state index is 5.50. The van der Waals surface area contributed by atoms with Gasteiger partial charge >= 0.3 is 0 Å². The topological polar surface area (TPSA) is 21.7 Å². The lowest BCUT2D eigenvalue weighted by Crippen LogP contribution is -2.41. The van der Waals surface area contributed by atoms with Gasteiger partial charge in [0, 0.05) is 11.7 Å². The predicted octanol–water partition coefficient (Wildman–Crippen LogP) is 6.22. The number of aryl methyl sites for hydroxylation is 2. The minimum Gasteiger partial charge on any atom is -0.493 e. The summed E-state index contributed by atoms with van der Waals surface area (Å²) in [4.78, 5) is 2.65. The maximum atomic E-state index is 5.50. The lowest BCUT2D eigenvalue weighted by Gasteiger charge is -2.43. The second-order valence-electron chi connectivity index (χ2n) is 8.04. The Labute approximate surface area is 180 Å². The number of anilines is 1. The van der Waals surface area contributed by atoms with Crippen molar-refractivity contribution in [1.82, 2.24) is 0 Å². The van der Waals surface area contributed by atoms with Gasteiger partial charge in [-0.25, -0.2) is 0 Å². The van der Waals surface area contributed by atoms with Crippen molar-refractivity contribution in [3.05, 3.63) is 89.5 Å². The molecule has 0 bridgehead atoms. The van der Waals surface area contributed by atoms with Crippen molar-refractivity contribution in [2.75, 3.05) is 19.1 Å². The van der Waals surface area contributed by atoms with Gasteiger partial charge in [0.05, 0.1) is 20.3 Å². The summed E-state index contributed by atoms with van der Waals surface area (Å²) in [5, 5.41) is 0. The number of benzene rings is 3. The Morgan fingerprint density at radius 3 is 2.40 bits per heavy atom. The Morgan fingerprint density at radius 1 is 0.900 bits per heavy atom. The summed E-state index contributed by atoms with van der Waals surface area (Å²) in [6.07, 6.45) is 4.46. The van der Waals surface area contributed by atoms with Gasteiger partial charge in [-0.15, -0.1) is 0 Å². The van der Waals surface area contributed by atoms with Crippen LogP contribution in [0.15, 0.2) is 72.8 Å². The van der Waals surface area contributed by atoms with E-state index in [0.717, 1.165) is 30.8 Å². The number of ether oxygens (including phenoxy) is 2. The predicted molar refractivity (Wildman–Crippen MR) is 124 cm³/mol. The maximum Gasteiger partial charge on any atom is 0.160 e. The minimum absolute atomic E-state index is 0.336. The zero-order valence-electron chi connectivity index (χ0n) is 18.2. The summed E-state index contributed by atoms with van der Waals surface area (Å²) in [6.45, 7) is 2.33. The standard InChI is InChI=1S/C27H31NO2/c1-20(22-9-5-4-6-10-22)28-24(17-15-23-11-7-8-12-25(23)28)16-13-21-14-18-26(29-2)27(19-21)30-3/h4-12,14,18-20,24H,13,15-17H2,1-3H3/t20-,24+/m1/s1. The molecule has 1 heterocycles. The molecule has 0 fully saturated rings. The van der Waals surface area contributed by atoms with Gasteiger partial charge in [-0.05, 0) is 67.5 Å². The normalized spacial score (nSPS) is 16.6. The highest BCUT2D eigenvalue weighted by Crippen LogP contribution is 2.39. The van der Waals surface area contributed by atoms with Crippen LogP contribution in [0.3, 0.4) is 0 Å². The first kappa shape index (κ1) is 20.3. The van der Waals surface area contributed by atoms with Crippen LogP contribution in [0, 0.1) is 0 Å². The zero-order chi connectivity index (χ0) is 20.9. The van der Waals surface area contributed by atoms with Crippen LogP contribution in [0.5, 0.6) is 11.5 Å². The number of fused-ring (bicyclic) bond motifs is 1. The smallest absolute Gasteiger partial charge is 0.160 e. The van der Waals surface area contributed by atoms with E-state index in [4.69, 9.17) is 9.47 Å². The number of nitrogens with zero attached hydrogens (tertiary/aromatic N) is 1. The van der Waals surface area contributed by atoms with E-state index < -0.39 is 0 Å². The van der Waals surface area contributed by atoms with Crippen molar-refractivity contribution in [3.63, 3.8) is 0 Å². The van der Waals surface area contributed by atoms with Gasteiger partial charge in [0.15, 0.2) is 11.5 Å². The molecule has 3 aromatic carbocycles. The van der Waals surface area contributed by atoms with Gasteiger partial charge in [0.2, 0.25) is 0 Å².